The van der Waals surface area contributed by atoms with Crippen LogP contribution in [0.1, 0.15) is 26.7 Å². The summed E-state index contributed by atoms with van der Waals surface area (Å²) in [5.41, 5.74) is 3.91. The Morgan fingerprint density at radius 1 is 0.963 bits per heavy atom. The van der Waals surface area contributed by atoms with Gasteiger partial charge >= 0.3 is 0 Å². The van der Waals surface area contributed by atoms with Crippen LogP contribution >= 0.6 is 0 Å². The van der Waals surface area contributed by atoms with E-state index in [0.717, 1.165) is 53.3 Å². The minimum atomic E-state index is 0.248. The van der Waals surface area contributed by atoms with Crippen LogP contribution in [-0.2, 0) is 0 Å². The Kier molecular flexibility index (Phi) is 6.31. The van der Waals surface area contributed by atoms with E-state index in [-0.39, 0.29) is 5.75 Å². The number of nitrogens with zero attached hydrogens (tertiary/aromatic N) is 1. The first-order valence-corrected chi connectivity index (χ1v) is 9.48. The molecule has 0 aliphatic carbocycles. The molecule has 0 saturated heterocycles. The van der Waals surface area contributed by atoms with Crippen molar-refractivity contribution in [3.8, 4) is 33.9 Å². The molecule has 27 heavy (non-hydrogen) atoms. The summed E-state index contributed by atoms with van der Waals surface area (Å²) < 4.78 is 5.82. The smallest absolute Gasteiger partial charge is 0.127 e. The third-order valence-corrected chi connectivity index (χ3v) is 4.32. The predicted octanol–water partition coefficient (Wildman–Crippen LogP) is 5.73. The molecule has 0 saturated carbocycles. The molecule has 0 radical (unpaired) electrons. The highest BCUT2D eigenvalue weighted by molar-refractivity contribution is 5.77. The first-order chi connectivity index (χ1) is 13.2. The van der Waals surface area contributed by atoms with Gasteiger partial charge in [0.25, 0.3) is 0 Å². The molecule has 4 nitrogen and oxygen atoms in total. The number of nitrogens with one attached hydrogen (secondary N) is 1. The summed E-state index contributed by atoms with van der Waals surface area (Å²) in [5.74, 6) is 1.95. The molecule has 0 amide bonds. The van der Waals surface area contributed by atoms with Crippen LogP contribution in [0.25, 0.3) is 22.4 Å². The van der Waals surface area contributed by atoms with Gasteiger partial charge in [-0.05, 0) is 61.4 Å². The van der Waals surface area contributed by atoms with Crippen LogP contribution in [-0.4, -0.2) is 23.2 Å². The van der Waals surface area contributed by atoms with E-state index in [4.69, 9.17) is 9.72 Å². The van der Waals surface area contributed by atoms with E-state index < -0.39 is 0 Å². The second kappa shape index (κ2) is 9.08. The van der Waals surface area contributed by atoms with Crippen molar-refractivity contribution in [3.05, 3.63) is 60.7 Å². The van der Waals surface area contributed by atoms with Gasteiger partial charge in [0, 0.05) is 17.7 Å². The zero-order valence-electron chi connectivity index (χ0n) is 15.9. The molecular weight excluding hydrogens is 336 g/mol. The maximum atomic E-state index is 9.58. The van der Waals surface area contributed by atoms with Crippen LogP contribution in [0.5, 0.6) is 11.5 Å². The number of unbranched alkanes of at least 4 members (excludes halogenated alkanes) is 1. The molecule has 1 heterocycles. The van der Waals surface area contributed by atoms with Gasteiger partial charge in [-0.2, -0.15) is 0 Å². The standard InChI is InChI=1S/C23H26N2O2/c1-3-5-14-24-23-16-18(20-8-6-7-9-22(20)27-4-2)15-21(25-23)17-10-12-19(26)13-11-17/h6-13,15-16,26H,3-5,14H2,1-2H3,(H,24,25). The minimum absolute atomic E-state index is 0.248. The fourth-order valence-corrected chi connectivity index (χ4v) is 2.94. The molecule has 2 N–H and O–H groups in total. The Morgan fingerprint density at radius 3 is 2.48 bits per heavy atom. The van der Waals surface area contributed by atoms with Crippen LogP contribution < -0.4 is 10.1 Å². The molecule has 0 fully saturated rings. The van der Waals surface area contributed by atoms with Crippen molar-refractivity contribution in [2.45, 2.75) is 26.7 Å². The zero-order chi connectivity index (χ0) is 19.1. The third kappa shape index (κ3) is 4.79. The Hall–Kier alpha value is -3.01. The second-order valence-electron chi connectivity index (χ2n) is 6.38. The van der Waals surface area contributed by atoms with E-state index >= 15 is 0 Å². The van der Waals surface area contributed by atoms with Crippen LogP contribution in [0.4, 0.5) is 5.82 Å². The molecule has 0 atom stereocenters. The van der Waals surface area contributed by atoms with Crippen LogP contribution in [0.2, 0.25) is 0 Å². The molecule has 0 aliphatic heterocycles. The van der Waals surface area contributed by atoms with Gasteiger partial charge < -0.3 is 15.2 Å². The van der Waals surface area contributed by atoms with Crippen LogP contribution in [0.15, 0.2) is 60.7 Å². The largest absolute Gasteiger partial charge is 0.508 e. The van der Waals surface area contributed by atoms with E-state index in [1.165, 1.54) is 0 Å². The second-order valence-corrected chi connectivity index (χ2v) is 6.38. The first kappa shape index (κ1) is 18.8. The summed E-state index contributed by atoms with van der Waals surface area (Å²) >= 11 is 0. The number of ether oxygens (including phenoxy) is 1. The van der Waals surface area contributed by atoms with Gasteiger partial charge in [0.2, 0.25) is 0 Å². The first-order valence-electron chi connectivity index (χ1n) is 9.48. The lowest BCUT2D eigenvalue weighted by atomic mass is 10.0. The number of phenolic OH excluding ortho intramolecular Hbond substituents is 1. The lowest BCUT2D eigenvalue weighted by molar-refractivity contribution is 0.341. The number of para-hydroxylation sites is 1. The fraction of sp³-hybridized carbons (Fsp3) is 0.261. The molecule has 0 aliphatic rings. The lowest BCUT2D eigenvalue weighted by Gasteiger charge is -2.14. The van der Waals surface area contributed by atoms with Crippen molar-refractivity contribution < 1.29 is 9.84 Å². The van der Waals surface area contributed by atoms with Gasteiger partial charge in [-0.3, -0.25) is 0 Å². The number of anilines is 1. The number of hydrogen-bond donors (Lipinski definition) is 2. The van der Waals surface area contributed by atoms with E-state index in [2.05, 4.69) is 30.4 Å². The Labute approximate surface area is 160 Å². The fourth-order valence-electron chi connectivity index (χ4n) is 2.94. The number of aromatic nitrogens is 1. The highest BCUT2D eigenvalue weighted by Gasteiger charge is 2.11. The summed E-state index contributed by atoms with van der Waals surface area (Å²) in [5, 5.41) is 13.0. The van der Waals surface area contributed by atoms with E-state index in [1.54, 1.807) is 12.1 Å². The van der Waals surface area contributed by atoms with Gasteiger partial charge in [0.05, 0.1) is 12.3 Å². The van der Waals surface area contributed by atoms with Crippen molar-refractivity contribution in [2.24, 2.45) is 0 Å². The predicted molar refractivity (Wildman–Crippen MR) is 111 cm³/mol. The molecule has 4 heteroatoms. The number of benzene rings is 2. The number of phenols is 1. The van der Waals surface area contributed by atoms with E-state index in [0.29, 0.717) is 6.61 Å². The Balaban J connectivity index is 2.06. The Bertz CT molecular complexity index is 876. The molecule has 3 rings (SSSR count). The van der Waals surface area contributed by atoms with Gasteiger partial charge in [0.1, 0.15) is 17.3 Å². The average Bonchev–Trinajstić information content (AvgIpc) is 2.69. The zero-order valence-corrected chi connectivity index (χ0v) is 15.9. The summed E-state index contributed by atoms with van der Waals surface area (Å²) in [7, 11) is 0. The molecule has 3 aromatic rings. The molecular formula is C23H26N2O2. The molecule has 1 aromatic heterocycles. The van der Waals surface area contributed by atoms with Gasteiger partial charge in [-0.25, -0.2) is 4.98 Å². The van der Waals surface area contributed by atoms with E-state index in [1.807, 2.05) is 37.3 Å². The third-order valence-electron chi connectivity index (χ3n) is 4.32. The van der Waals surface area contributed by atoms with Gasteiger partial charge in [-0.1, -0.05) is 31.5 Å². The maximum Gasteiger partial charge on any atom is 0.127 e. The van der Waals surface area contributed by atoms with E-state index in [9.17, 15) is 5.11 Å². The van der Waals surface area contributed by atoms with Crippen molar-refractivity contribution in [1.82, 2.24) is 4.98 Å². The number of pyridine rings is 1. The minimum Gasteiger partial charge on any atom is -0.508 e. The molecule has 0 spiro atoms. The summed E-state index contributed by atoms with van der Waals surface area (Å²) in [6.45, 7) is 5.66. The number of hydrogen-bond acceptors (Lipinski definition) is 4. The highest BCUT2D eigenvalue weighted by atomic mass is 16.5. The SMILES string of the molecule is CCCCNc1cc(-c2ccccc2OCC)cc(-c2ccc(O)cc2)n1. The Morgan fingerprint density at radius 2 is 1.74 bits per heavy atom. The van der Waals surface area contributed by atoms with Crippen molar-refractivity contribution in [3.63, 3.8) is 0 Å². The average molecular weight is 362 g/mol. The monoisotopic (exact) mass is 362 g/mol. The molecule has 0 unspecified atom stereocenters. The van der Waals surface area contributed by atoms with Crippen molar-refractivity contribution in [1.29, 1.82) is 0 Å². The van der Waals surface area contributed by atoms with Crippen molar-refractivity contribution in [2.75, 3.05) is 18.5 Å². The molecule has 2 aromatic carbocycles. The van der Waals surface area contributed by atoms with Crippen LogP contribution in [0, 0.1) is 0 Å². The molecule has 140 valence electrons. The lowest BCUT2D eigenvalue weighted by Crippen LogP contribution is -2.04. The number of rotatable bonds is 8. The summed E-state index contributed by atoms with van der Waals surface area (Å²) in [4.78, 5) is 4.77. The molecule has 0 bridgehead atoms. The van der Waals surface area contributed by atoms with Gasteiger partial charge in [-0.15, -0.1) is 0 Å². The quantitative estimate of drug-likeness (QED) is 0.502. The van der Waals surface area contributed by atoms with Crippen molar-refractivity contribution >= 4 is 5.82 Å². The summed E-state index contributed by atoms with van der Waals surface area (Å²) in [6, 6.07) is 19.3. The summed E-state index contributed by atoms with van der Waals surface area (Å²) in [6.07, 6.45) is 2.22. The highest BCUT2D eigenvalue weighted by Crippen LogP contribution is 2.34. The van der Waals surface area contributed by atoms with Gasteiger partial charge in [0.15, 0.2) is 0 Å². The topological polar surface area (TPSA) is 54.4 Å². The maximum absolute atomic E-state index is 9.58. The normalized spacial score (nSPS) is 10.6. The number of aromatic hydroxyl groups is 1. The van der Waals surface area contributed by atoms with Crippen LogP contribution in [0.3, 0.4) is 0 Å².